The largest absolute Gasteiger partial charge is 0.378 e. The minimum absolute atomic E-state index is 0. The van der Waals surface area contributed by atoms with Crippen molar-refractivity contribution < 1.29 is 9.53 Å². The topological polar surface area (TPSA) is 50.4 Å². The van der Waals surface area contributed by atoms with E-state index in [9.17, 15) is 4.79 Å². The predicted octanol–water partition coefficient (Wildman–Crippen LogP) is 2.12. The minimum atomic E-state index is -0.157. The van der Waals surface area contributed by atoms with Gasteiger partial charge in [-0.2, -0.15) is 0 Å². The van der Waals surface area contributed by atoms with E-state index in [4.69, 9.17) is 4.74 Å². The molecule has 126 valence electrons. The van der Waals surface area contributed by atoms with Gasteiger partial charge in [-0.25, -0.2) is 0 Å². The Morgan fingerprint density at radius 3 is 2.27 bits per heavy atom. The molecule has 2 N–H and O–H groups in total. The smallest absolute Gasteiger partial charge is 0.239 e. The van der Waals surface area contributed by atoms with Crippen LogP contribution in [0.2, 0.25) is 0 Å². The maximum atomic E-state index is 12.4. The molecule has 22 heavy (non-hydrogen) atoms. The van der Waals surface area contributed by atoms with Crippen molar-refractivity contribution in [2.45, 2.75) is 57.5 Å². The summed E-state index contributed by atoms with van der Waals surface area (Å²) in [6.07, 6.45) is 8.40. The first-order valence-electron chi connectivity index (χ1n) is 8.76. The monoisotopic (exact) mass is 328 g/mol. The second-order valence-corrected chi connectivity index (χ2v) is 8.09. The summed E-state index contributed by atoms with van der Waals surface area (Å²) in [4.78, 5) is 12.4. The summed E-state index contributed by atoms with van der Waals surface area (Å²) in [5.41, 5.74) is 0.389. The van der Waals surface area contributed by atoms with Crippen LogP contribution in [0.3, 0.4) is 0 Å². The van der Waals surface area contributed by atoms with Gasteiger partial charge in [0.1, 0.15) is 6.04 Å². The number of carbonyl (C=O) groups excluding carboxylic acids is 1. The summed E-state index contributed by atoms with van der Waals surface area (Å²) in [7, 11) is 0. The molecule has 4 bridgehead atoms. The van der Waals surface area contributed by atoms with Gasteiger partial charge in [-0.05, 0) is 68.6 Å². The molecule has 1 heterocycles. The van der Waals surface area contributed by atoms with Gasteiger partial charge < -0.3 is 15.4 Å². The Balaban J connectivity index is 0.00000144. The Labute approximate surface area is 139 Å². The molecule has 4 nitrogen and oxygen atoms in total. The third-order valence-electron chi connectivity index (χ3n) is 6.60. The SMILES string of the molecule is CC(NC(=O)C1COCCN1)C12CC3CC(CC(C3)C1)C2.Cl. The van der Waals surface area contributed by atoms with Gasteiger partial charge in [-0.3, -0.25) is 4.79 Å². The van der Waals surface area contributed by atoms with Crippen molar-refractivity contribution >= 4 is 18.3 Å². The van der Waals surface area contributed by atoms with E-state index in [2.05, 4.69) is 17.6 Å². The van der Waals surface area contributed by atoms with E-state index in [1.54, 1.807) is 0 Å². The molecule has 5 aliphatic rings. The van der Waals surface area contributed by atoms with Crippen LogP contribution in [0.25, 0.3) is 0 Å². The number of hydrogen-bond acceptors (Lipinski definition) is 3. The highest BCUT2D eigenvalue weighted by molar-refractivity contribution is 5.85. The molecule has 0 aromatic rings. The van der Waals surface area contributed by atoms with Crippen molar-refractivity contribution in [2.75, 3.05) is 19.8 Å². The summed E-state index contributed by atoms with van der Waals surface area (Å²) >= 11 is 0. The first-order chi connectivity index (χ1) is 10.1. The zero-order valence-corrected chi connectivity index (χ0v) is 14.3. The zero-order valence-electron chi connectivity index (χ0n) is 13.5. The summed E-state index contributed by atoms with van der Waals surface area (Å²) in [5, 5.41) is 6.59. The second-order valence-electron chi connectivity index (χ2n) is 8.09. The maximum Gasteiger partial charge on any atom is 0.239 e. The number of ether oxygens (including phenoxy) is 1. The molecule has 0 spiro atoms. The van der Waals surface area contributed by atoms with E-state index in [1.807, 2.05) is 0 Å². The molecule has 5 heteroatoms. The number of rotatable bonds is 3. The van der Waals surface area contributed by atoms with E-state index in [0.29, 0.717) is 24.7 Å². The van der Waals surface area contributed by atoms with Gasteiger partial charge in [-0.15, -0.1) is 12.4 Å². The van der Waals surface area contributed by atoms with Crippen LogP contribution in [0.15, 0.2) is 0 Å². The molecule has 2 atom stereocenters. The lowest BCUT2D eigenvalue weighted by Crippen LogP contribution is -2.59. The molecule has 5 rings (SSSR count). The van der Waals surface area contributed by atoms with Crippen molar-refractivity contribution in [3.8, 4) is 0 Å². The van der Waals surface area contributed by atoms with Crippen molar-refractivity contribution in [3.63, 3.8) is 0 Å². The van der Waals surface area contributed by atoms with E-state index in [0.717, 1.165) is 24.3 Å². The molecule has 1 saturated heterocycles. The molecule has 4 aliphatic carbocycles. The van der Waals surface area contributed by atoms with Gasteiger partial charge in [0.2, 0.25) is 5.91 Å². The number of nitrogens with one attached hydrogen (secondary N) is 2. The van der Waals surface area contributed by atoms with E-state index in [1.165, 1.54) is 38.5 Å². The van der Waals surface area contributed by atoms with Crippen LogP contribution in [-0.2, 0) is 9.53 Å². The molecule has 2 unspecified atom stereocenters. The average molecular weight is 329 g/mol. The molecule has 5 fully saturated rings. The number of morpholine rings is 1. The Morgan fingerprint density at radius 1 is 1.18 bits per heavy atom. The van der Waals surface area contributed by atoms with Crippen LogP contribution in [-0.4, -0.2) is 37.7 Å². The van der Waals surface area contributed by atoms with E-state index >= 15 is 0 Å². The third-order valence-corrected chi connectivity index (χ3v) is 6.60. The van der Waals surface area contributed by atoms with Crippen LogP contribution in [0.1, 0.15) is 45.4 Å². The Hall–Kier alpha value is -0.320. The summed E-state index contributed by atoms with van der Waals surface area (Å²) in [6, 6.07) is 0.150. The van der Waals surface area contributed by atoms with Gasteiger partial charge in [-0.1, -0.05) is 0 Å². The number of hydrogen-bond donors (Lipinski definition) is 2. The van der Waals surface area contributed by atoms with Crippen molar-refractivity contribution in [1.82, 2.24) is 10.6 Å². The van der Waals surface area contributed by atoms with E-state index in [-0.39, 0.29) is 24.4 Å². The van der Waals surface area contributed by atoms with Gasteiger partial charge in [0.15, 0.2) is 0 Å². The number of carbonyl (C=O) groups is 1. The third kappa shape index (κ3) is 2.90. The molecule has 1 aliphatic heterocycles. The predicted molar refractivity (Wildman–Crippen MR) is 88.1 cm³/mol. The summed E-state index contributed by atoms with van der Waals surface area (Å²) < 4.78 is 5.41. The van der Waals surface area contributed by atoms with Gasteiger partial charge >= 0.3 is 0 Å². The van der Waals surface area contributed by atoms with Crippen LogP contribution >= 0.6 is 12.4 Å². The lowest BCUT2D eigenvalue weighted by Gasteiger charge is -2.59. The molecular weight excluding hydrogens is 300 g/mol. The Kier molecular flexibility index (Phi) is 4.73. The molecule has 1 amide bonds. The van der Waals surface area contributed by atoms with Gasteiger partial charge in [0.05, 0.1) is 13.2 Å². The fraction of sp³-hybridized carbons (Fsp3) is 0.941. The summed E-state index contributed by atoms with van der Waals surface area (Å²) in [6.45, 7) is 4.26. The van der Waals surface area contributed by atoms with Crippen LogP contribution < -0.4 is 10.6 Å². The fourth-order valence-electron chi connectivity index (χ4n) is 5.91. The second kappa shape index (κ2) is 6.29. The summed E-state index contributed by atoms with van der Waals surface area (Å²) in [5.74, 6) is 2.95. The molecule has 0 aromatic carbocycles. The van der Waals surface area contributed by atoms with Crippen molar-refractivity contribution in [3.05, 3.63) is 0 Å². The molecule has 0 radical (unpaired) electrons. The first kappa shape index (κ1) is 16.5. The number of halogens is 1. The van der Waals surface area contributed by atoms with Crippen molar-refractivity contribution in [1.29, 1.82) is 0 Å². The van der Waals surface area contributed by atoms with Gasteiger partial charge in [0.25, 0.3) is 0 Å². The highest BCUT2D eigenvalue weighted by Gasteiger charge is 2.53. The average Bonchev–Trinajstić information content (AvgIpc) is 2.46. The normalized spacial score (nSPS) is 44.2. The standard InChI is InChI=1S/C17H28N2O2.ClH/c1-11(19-16(20)15-10-21-3-2-18-15)17-7-12-4-13(8-17)6-14(5-12)9-17;/h11-15,18H,2-10H2,1H3,(H,19,20);1H. The molecule has 4 saturated carbocycles. The highest BCUT2D eigenvalue weighted by Crippen LogP contribution is 2.61. The van der Waals surface area contributed by atoms with Crippen LogP contribution in [0.4, 0.5) is 0 Å². The van der Waals surface area contributed by atoms with Crippen molar-refractivity contribution in [2.24, 2.45) is 23.2 Å². The minimum Gasteiger partial charge on any atom is -0.378 e. The fourth-order valence-corrected chi connectivity index (χ4v) is 5.91. The Morgan fingerprint density at radius 2 is 1.77 bits per heavy atom. The molecule has 0 aromatic heterocycles. The van der Waals surface area contributed by atoms with Gasteiger partial charge in [0, 0.05) is 12.6 Å². The highest BCUT2D eigenvalue weighted by atomic mass is 35.5. The lowest BCUT2D eigenvalue weighted by atomic mass is 9.48. The number of amides is 1. The van der Waals surface area contributed by atoms with Crippen LogP contribution in [0, 0.1) is 23.2 Å². The first-order valence-corrected chi connectivity index (χ1v) is 8.76. The molecular formula is C17H29ClN2O2. The van der Waals surface area contributed by atoms with Crippen LogP contribution in [0.5, 0.6) is 0 Å². The van der Waals surface area contributed by atoms with E-state index < -0.39 is 0 Å². The maximum absolute atomic E-state index is 12.4. The Bertz CT molecular complexity index is 388. The zero-order chi connectivity index (χ0) is 14.4. The lowest BCUT2D eigenvalue weighted by molar-refractivity contribution is -0.130. The quantitative estimate of drug-likeness (QED) is 0.834.